The number of carbonyl (C=O) groups is 1. The molecule has 186 valence electrons. The first-order chi connectivity index (χ1) is 16.6. The van der Waals surface area contributed by atoms with Crippen molar-refractivity contribution in [2.45, 2.75) is 45.3 Å². The SMILES string of the molecule is Cc1cccc(F)c1NC(=O)c1cc(F)c(-n2nc(C)n(C3CC3)c2=O)cc1O[C@@H](CF)C(F)F. The van der Waals surface area contributed by atoms with E-state index in [-0.39, 0.29) is 11.7 Å². The summed E-state index contributed by atoms with van der Waals surface area (Å²) < 4.78 is 76.1. The number of amides is 1. The minimum Gasteiger partial charge on any atom is -0.481 e. The van der Waals surface area contributed by atoms with Crippen LogP contribution in [0.3, 0.4) is 0 Å². The van der Waals surface area contributed by atoms with Gasteiger partial charge < -0.3 is 10.1 Å². The highest BCUT2D eigenvalue weighted by Gasteiger charge is 2.31. The van der Waals surface area contributed by atoms with Gasteiger partial charge in [0, 0.05) is 12.1 Å². The maximum atomic E-state index is 15.1. The smallest absolute Gasteiger partial charge is 0.351 e. The van der Waals surface area contributed by atoms with Crippen LogP contribution in [0.5, 0.6) is 5.75 Å². The van der Waals surface area contributed by atoms with Gasteiger partial charge in [0.15, 0.2) is 6.10 Å². The van der Waals surface area contributed by atoms with Crippen LogP contribution in [0.2, 0.25) is 0 Å². The lowest BCUT2D eigenvalue weighted by Gasteiger charge is -2.19. The minimum absolute atomic E-state index is 0.0705. The quantitative estimate of drug-likeness (QED) is 0.466. The Hall–Kier alpha value is -3.70. The summed E-state index contributed by atoms with van der Waals surface area (Å²) in [4.78, 5) is 25.7. The van der Waals surface area contributed by atoms with Crippen LogP contribution in [0.1, 0.15) is 40.6 Å². The number of para-hydroxylation sites is 1. The second kappa shape index (κ2) is 9.51. The van der Waals surface area contributed by atoms with Crippen molar-refractivity contribution in [1.82, 2.24) is 14.3 Å². The normalized spacial score (nSPS) is 14.3. The van der Waals surface area contributed by atoms with Gasteiger partial charge in [0.25, 0.3) is 12.3 Å². The summed E-state index contributed by atoms with van der Waals surface area (Å²) >= 11 is 0. The zero-order chi connectivity index (χ0) is 25.4. The zero-order valence-corrected chi connectivity index (χ0v) is 18.7. The molecule has 1 atom stereocenters. The number of hydrogen-bond donors (Lipinski definition) is 1. The van der Waals surface area contributed by atoms with Crippen molar-refractivity contribution in [3.8, 4) is 11.4 Å². The summed E-state index contributed by atoms with van der Waals surface area (Å²) in [5.41, 5.74) is -1.60. The van der Waals surface area contributed by atoms with E-state index in [0.717, 1.165) is 29.7 Å². The Bertz CT molecular complexity index is 1310. The van der Waals surface area contributed by atoms with E-state index in [1.54, 1.807) is 6.92 Å². The van der Waals surface area contributed by atoms with E-state index in [4.69, 9.17) is 4.74 Å². The van der Waals surface area contributed by atoms with Gasteiger partial charge in [-0.3, -0.25) is 9.36 Å². The first-order valence-corrected chi connectivity index (χ1v) is 10.7. The Morgan fingerprint density at radius 1 is 1.20 bits per heavy atom. The first kappa shape index (κ1) is 24.4. The van der Waals surface area contributed by atoms with Crippen LogP contribution >= 0.6 is 0 Å². The number of alkyl halides is 3. The Morgan fingerprint density at radius 2 is 1.91 bits per heavy atom. The molecule has 4 rings (SSSR count). The van der Waals surface area contributed by atoms with E-state index in [0.29, 0.717) is 17.5 Å². The van der Waals surface area contributed by atoms with Crippen LogP contribution in [0.4, 0.5) is 27.6 Å². The highest BCUT2D eigenvalue weighted by Crippen LogP contribution is 2.35. The van der Waals surface area contributed by atoms with Crippen LogP contribution in [-0.4, -0.2) is 39.5 Å². The lowest BCUT2D eigenvalue weighted by atomic mass is 10.1. The Balaban J connectivity index is 1.81. The lowest BCUT2D eigenvalue weighted by Crippen LogP contribution is -2.29. The maximum Gasteiger partial charge on any atom is 0.351 e. The number of ether oxygens (including phenoxy) is 1. The molecule has 35 heavy (non-hydrogen) atoms. The number of hydrogen-bond acceptors (Lipinski definition) is 4. The minimum atomic E-state index is -3.27. The van der Waals surface area contributed by atoms with E-state index in [9.17, 15) is 27.2 Å². The van der Waals surface area contributed by atoms with Crippen LogP contribution in [0.15, 0.2) is 35.1 Å². The fraction of sp³-hybridized carbons (Fsp3) is 0.348. The van der Waals surface area contributed by atoms with Gasteiger partial charge in [0.2, 0.25) is 0 Å². The third-order valence-corrected chi connectivity index (χ3v) is 5.59. The Labute approximate surface area is 196 Å². The Kier molecular flexibility index (Phi) is 6.64. The van der Waals surface area contributed by atoms with Crippen LogP contribution in [0.25, 0.3) is 5.69 Å². The van der Waals surface area contributed by atoms with Gasteiger partial charge in [-0.25, -0.2) is 26.7 Å². The highest BCUT2D eigenvalue weighted by molar-refractivity contribution is 6.06. The van der Waals surface area contributed by atoms with Gasteiger partial charge in [-0.05, 0) is 44.4 Å². The van der Waals surface area contributed by atoms with Crippen molar-refractivity contribution in [2.24, 2.45) is 0 Å². The lowest BCUT2D eigenvalue weighted by molar-refractivity contribution is -0.00158. The number of halogens is 5. The molecule has 7 nitrogen and oxygen atoms in total. The molecule has 1 heterocycles. The van der Waals surface area contributed by atoms with E-state index >= 15 is 4.39 Å². The summed E-state index contributed by atoms with van der Waals surface area (Å²) in [5.74, 6) is -3.27. The molecule has 3 aromatic rings. The van der Waals surface area contributed by atoms with Gasteiger partial charge in [-0.2, -0.15) is 9.78 Å². The second-order valence-electron chi connectivity index (χ2n) is 8.17. The van der Waals surface area contributed by atoms with Crippen molar-refractivity contribution in [2.75, 3.05) is 12.0 Å². The van der Waals surface area contributed by atoms with Crippen molar-refractivity contribution < 1.29 is 31.5 Å². The molecular weight excluding hydrogens is 475 g/mol. The molecule has 0 spiro atoms. The van der Waals surface area contributed by atoms with E-state index < -0.39 is 59.4 Å². The fourth-order valence-electron chi connectivity index (χ4n) is 3.65. The van der Waals surface area contributed by atoms with Gasteiger partial charge in [0.05, 0.1) is 11.3 Å². The largest absolute Gasteiger partial charge is 0.481 e. The summed E-state index contributed by atoms with van der Waals surface area (Å²) in [6.07, 6.45) is -4.02. The molecule has 1 aliphatic carbocycles. The molecule has 0 bridgehead atoms. The third kappa shape index (κ3) is 4.77. The average molecular weight is 496 g/mol. The summed E-state index contributed by atoms with van der Waals surface area (Å²) in [7, 11) is 0. The molecule has 0 radical (unpaired) electrons. The number of rotatable bonds is 8. The summed E-state index contributed by atoms with van der Waals surface area (Å²) in [5, 5.41) is 6.30. The molecule has 1 amide bonds. The molecule has 1 saturated carbocycles. The topological polar surface area (TPSA) is 78.2 Å². The molecule has 2 aromatic carbocycles. The number of aromatic nitrogens is 3. The van der Waals surface area contributed by atoms with Gasteiger partial charge in [-0.1, -0.05) is 12.1 Å². The van der Waals surface area contributed by atoms with Crippen molar-refractivity contribution in [3.05, 3.63) is 69.4 Å². The van der Waals surface area contributed by atoms with Crippen molar-refractivity contribution >= 4 is 11.6 Å². The third-order valence-electron chi connectivity index (χ3n) is 5.59. The molecule has 0 saturated heterocycles. The monoisotopic (exact) mass is 496 g/mol. The average Bonchev–Trinajstić information content (AvgIpc) is 3.59. The Morgan fingerprint density at radius 3 is 2.51 bits per heavy atom. The molecular formula is C23H21F5N4O3. The van der Waals surface area contributed by atoms with E-state index in [2.05, 4.69) is 10.4 Å². The predicted molar refractivity (Wildman–Crippen MR) is 116 cm³/mol. The van der Waals surface area contributed by atoms with Crippen molar-refractivity contribution in [3.63, 3.8) is 0 Å². The van der Waals surface area contributed by atoms with Crippen LogP contribution < -0.4 is 15.7 Å². The highest BCUT2D eigenvalue weighted by atomic mass is 19.3. The van der Waals surface area contributed by atoms with Crippen molar-refractivity contribution in [1.29, 1.82) is 0 Å². The standard InChI is InChI=1S/C23H21F5N4O3/c1-11-4-3-5-15(25)20(11)29-22(33)14-8-16(26)17(9-18(14)35-19(10-24)21(27)28)32-23(34)31(12(2)30-32)13-6-7-13/h3-5,8-9,13,19,21H,6-7,10H2,1-2H3,(H,29,33)/t19-/m0/s1. The van der Waals surface area contributed by atoms with Gasteiger partial charge in [0.1, 0.15) is 35.6 Å². The molecule has 0 aliphatic heterocycles. The second-order valence-corrected chi connectivity index (χ2v) is 8.17. The fourth-order valence-corrected chi connectivity index (χ4v) is 3.65. The maximum absolute atomic E-state index is 15.1. The van der Waals surface area contributed by atoms with Crippen LogP contribution in [0, 0.1) is 25.5 Å². The van der Waals surface area contributed by atoms with E-state index in [1.807, 2.05) is 0 Å². The number of nitrogens with zero attached hydrogens (tertiary/aromatic N) is 3. The number of aryl methyl sites for hydroxylation is 2. The van der Waals surface area contributed by atoms with Gasteiger partial charge >= 0.3 is 5.69 Å². The number of nitrogens with one attached hydrogen (secondary N) is 1. The predicted octanol–water partition coefficient (Wildman–Crippen LogP) is 4.50. The van der Waals surface area contributed by atoms with Gasteiger partial charge in [-0.15, -0.1) is 0 Å². The zero-order valence-electron chi connectivity index (χ0n) is 18.7. The molecule has 1 fully saturated rings. The summed E-state index contributed by atoms with van der Waals surface area (Å²) in [6.45, 7) is 1.47. The molecule has 1 aliphatic rings. The number of benzene rings is 2. The van der Waals surface area contributed by atoms with Crippen LogP contribution in [-0.2, 0) is 0 Å². The number of carbonyl (C=O) groups excluding carboxylic acids is 1. The van der Waals surface area contributed by atoms with E-state index in [1.165, 1.54) is 23.6 Å². The molecule has 12 heteroatoms. The number of anilines is 1. The molecule has 0 unspecified atom stereocenters. The molecule has 1 N–H and O–H groups in total. The summed E-state index contributed by atoms with van der Waals surface area (Å²) in [6, 6.07) is 5.42. The molecule has 1 aromatic heterocycles. The first-order valence-electron chi connectivity index (χ1n) is 10.7.